The molecule has 1 aromatic heterocycles. The summed E-state index contributed by atoms with van der Waals surface area (Å²) in [6.07, 6.45) is 4.31. The SMILES string of the molecule is Cc1nn(C)cc1C(=O)/C=C/c1c(F)cccc1Cl. The smallest absolute Gasteiger partial charge is 0.189 e. The van der Waals surface area contributed by atoms with Crippen LogP contribution in [0.1, 0.15) is 21.6 Å². The van der Waals surface area contributed by atoms with Crippen molar-refractivity contribution >= 4 is 23.5 Å². The van der Waals surface area contributed by atoms with Gasteiger partial charge in [0.2, 0.25) is 0 Å². The van der Waals surface area contributed by atoms with E-state index in [1.54, 1.807) is 30.9 Å². The number of hydrogen-bond donors (Lipinski definition) is 0. The lowest BCUT2D eigenvalue weighted by Gasteiger charge is -1.99. The van der Waals surface area contributed by atoms with Gasteiger partial charge >= 0.3 is 0 Å². The van der Waals surface area contributed by atoms with Crippen LogP contribution in [0.5, 0.6) is 0 Å². The fourth-order valence-electron chi connectivity index (χ4n) is 1.76. The van der Waals surface area contributed by atoms with Gasteiger partial charge in [0.25, 0.3) is 0 Å². The average molecular weight is 279 g/mol. The average Bonchev–Trinajstić information content (AvgIpc) is 2.67. The van der Waals surface area contributed by atoms with E-state index in [0.29, 0.717) is 11.3 Å². The molecular formula is C14H12ClFN2O. The van der Waals surface area contributed by atoms with Gasteiger partial charge < -0.3 is 0 Å². The van der Waals surface area contributed by atoms with Crippen LogP contribution in [0.25, 0.3) is 6.08 Å². The number of aromatic nitrogens is 2. The fraction of sp³-hybridized carbons (Fsp3) is 0.143. The Kier molecular flexibility index (Phi) is 3.81. The molecule has 0 aliphatic carbocycles. The Balaban J connectivity index is 2.28. The number of carbonyl (C=O) groups is 1. The summed E-state index contributed by atoms with van der Waals surface area (Å²) in [6, 6.07) is 4.39. The second-order valence-corrected chi connectivity index (χ2v) is 4.54. The van der Waals surface area contributed by atoms with Gasteiger partial charge in [-0.3, -0.25) is 9.48 Å². The van der Waals surface area contributed by atoms with E-state index in [2.05, 4.69) is 5.10 Å². The molecule has 0 radical (unpaired) electrons. The minimum atomic E-state index is -0.459. The van der Waals surface area contributed by atoms with Crippen molar-refractivity contribution in [3.8, 4) is 0 Å². The fourth-order valence-corrected chi connectivity index (χ4v) is 1.99. The zero-order valence-electron chi connectivity index (χ0n) is 10.5. The number of benzene rings is 1. The minimum Gasteiger partial charge on any atom is -0.289 e. The van der Waals surface area contributed by atoms with E-state index >= 15 is 0 Å². The summed E-state index contributed by atoms with van der Waals surface area (Å²) in [6.45, 7) is 1.75. The number of nitrogens with zero attached hydrogens (tertiary/aromatic N) is 2. The third-order valence-corrected chi connectivity index (χ3v) is 3.01. The van der Waals surface area contributed by atoms with Gasteiger partial charge in [0.1, 0.15) is 5.82 Å². The largest absolute Gasteiger partial charge is 0.289 e. The molecule has 0 saturated carbocycles. The van der Waals surface area contributed by atoms with E-state index in [4.69, 9.17) is 11.6 Å². The Bertz CT molecular complexity index is 641. The normalized spacial score (nSPS) is 11.2. The summed E-state index contributed by atoms with van der Waals surface area (Å²) < 4.78 is 15.1. The lowest BCUT2D eigenvalue weighted by Crippen LogP contribution is -1.95. The van der Waals surface area contributed by atoms with Crippen LogP contribution in [0.4, 0.5) is 4.39 Å². The van der Waals surface area contributed by atoms with Crippen molar-refractivity contribution in [1.82, 2.24) is 9.78 Å². The van der Waals surface area contributed by atoms with Crippen molar-refractivity contribution in [2.75, 3.05) is 0 Å². The van der Waals surface area contributed by atoms with Crippen LogP contribution in [0, 0.1) is 12.7 Å². The van der Waals surface area contributed by atoms with E-state index in [0.717, 1.165) is 0 Å². The van der Waals surface area contributed by atoms with Crippen LogP contribution in [0.2, 0.25) is 5.02 Å². The summed E-state index contributed by atoms with van der Waals surface area (Å²) in [5, 5.41) is 4.35. The van der Waals surface area contributed by atoms with Crippen molar-refractivity contribution in [2.24, 2.45) is 7.05 Å². The maximum absolute atomic E-state index is 13.5. The molecule has 0 atom stereocenters. The Labute approximate surface area is 115 Å². The van der Waals surface area contributed by atoms with E-state index in [-0.39, 0.29) is 16.4 Å². The zero-order valence-corrected chi connectivity index (χ0v) is 11.3. The van der Waals surface area contributed by atoms with Gasteiger partial charge in [0, 0.05) is 18.8 Å². The first kappa shape index (κ1) is 13.5. The Morgan fingerprint density at radius 3 is 2.79 bits per heavy atom. The number of ketones is 1. The highest BCUT2D eigenvalue weighted by Gasteiger charge is 2.10. The van der Waals surface area contributed by atoms with E-state index in [9.17, 15) is 9.18 Å². The van der Waals surface area contributed by atoms with Gasteiger partial charge in [-0.2, -0.15) is 5.10 Å². The molecule has 0 saturated heterocycles. The highest BCUT2D eigenvalue weighted by molar-refractivity contribution is 6.32. The zero-order chi connectivity index (χ0) is 14.0. The molecule has 0 N–H and O–H groups in total. The number of rotatable bonds is 3. The van der Waals surface area contributed by atoms with Crippen molar-refractivity contribution < 1.29 is 9.18 Å². The summed E-state index contributed by atoms with van der Waals surface area (Å²) in [5.41, 5.74) is 1.34. The molecule has 2 aromatic rings. The highest BCUT2D eigenvalue weighted by atomic mass is 35.5. The first-order valence-electron chi connectivity index (χ1n) is 5.65. The molecule has 0 aliphatic heterocycles. The second-order valence-electron chi connectivity index (χ2n) is 4.13. The quantitative estimate of drug-likeness (QED) is 0.637. The predicted molar refractivity (Wildman–Crippen MR) is 72.7 cm³/mol. The number of hydrogen-bond acceptors (Lipinski definition) is 2. The molecule has 2 rings (SSSR count). The van der Waals surface area contributed by atoms with Crippen molar-refractivity contribution in [1.29, 1.82) is 0 Å². The standard InChI is InChI=1S/C14H12ClFN2O/c1-9-11(8-18(2)17-9)14(19)7-6-10-12(15)4-3-5-13(10)16/h3-8H,1-2H3/b7-6+. The van der Waals surface area contributed by atoms with Gasteiger partial charge in [-0.25, -0.2) is 4.39 Å². The molecule has 0 bridgehead atoms. The molecule has 5 heteroatoms. The molecule has 1 aromatic carbocycles. The molecule has 19 heavy (non-hydrogen) atoms. The molecule has 0 unspecified atom stereocenters. The third-order valence-electron chi connectivity index (χ3n) is 2.68. The monoisotopic (exact) mass is 278 g/mol. The van der Waals surface area contributed by atoms with Crippen LogP contribution < -0.4 is 0 Å². The van der Waals surface area contributed by atoms with Crippen LogP contribution >= 0.6 is 11.6 Å². The highest BCUT2D eigenvalue weighted by Crippen LogP contribution is 2.20. The van der Waals surface area contributed by atoms with Crippen molar-refractivity contribution in [2.45, 2.75) is 6.92 Å². The van der Waals surface area contributed by atoms with Gasteiger partial charge in [-0.05, 0) is 31.2 Å². The van der Waals surface area contributed by atoms with Crippen LogP contribution in [-0.2, 0) is 7.05 Å². The topological polar surface area (TPSA) is 34.9 Å². The molecule has 0 fully saturated rings. The number of allylic oxidation sites excluding steroid dienone is 1. The van der Waals surface area contributed by atoms with Gasteiger partial charge in [0.15, 0.2) is 5.78 Å². The molecule has 1 heterocycles. The lowest BCUT2D eigenvalue weighted by atomic mass is 10.1. The third kappa shape index (κ3) is 2.90. The minimum absolute atomic E-state index is 0.207. The molecular weight excluding hydrogens is 267 g/mol. The Hall–Kier alpha value is -1.94. The molecule has 0 spiro atoms. The molecule has 98 valence electrons. The summed E-state index contributed by atoms with van der Waals surface area (Å²) in [5.74, 6) is -0.690. The van der Waals surface area contributed by atoms with E-state index < -0.39 is 5.82 Å². The predicted octanol–water partition coefficient (Wildman–Crippen LogP) is 3.42. The lowest BCUT2D eigenvalue weighted by molar-refractivity contribution is 0.104. The van der Waals surface area contributed by atoms with E-state index in [1.807, 2.05) is 0 Å². The first-order valence-corrected chi connectivity index (χ1v) is 6.03. The summed E-state index contributed by atoms with van der Waals surface area (Å²) >= 11 is 5.88. The van der Waals surface area contributed by atoms with Gasteiger partial charge in [0.05, 0.1) is 16.3 Å². The maximum Gasteiger partial charge on any atom is 0.189 e. The Morgan fingerprint density at radius 1 is 1.47 bits per heavy atom. The van der Waals surface area contributed by atoms with Gasteiger partial charge in [-0.1, -0.05) is 17.7 Å². The summed E-state index contributed by atoms with van der Waals surface area (Å²) in [4.78, 5) is 12.0. The Morgan fingerprint density at radius 2 is 2.21 bits per heavy atom. The van der Waals surface area contributed by atoms with Crippen LogP contribution in [0.15, 0.2) is 30.5 Å². The van der Waals surface area contributed by atoms with E-state index in [1.165, 1.54) is 24.3 Å². The molecule has 3 nitrogen and oxygen atoms in total. The number of aryl methyl sites for hydroxylation is 2. The van der Waals surface area contributed by atoms with Gasteiger partial charge in [-0.15, -0.1) is 0 Å². The first-order chi connectivity index (χ1) is 8.99. The molecule has 0 amide bonds. The number of halogens is 2. The van der Waals surface area contributed by atoms with Crippen LogP contribution in [0.3, 0.4) is 0 Å². The van der Waals surface area contributed by atoms with Crippen molar-refractivity contribution in [3.63, 3.8) is 0 Å². The maximum atomic E-state index is 13.5. The summed E-state index contributed by atoms with van der Waals surface area (Å²) in [7, 11) is 1.74. The second kappa shape index (κ2) is 5.36. The molecule has 0 aliphatic rings. The van der Waals surface area contributed by atoms with Crippen molar-refractivity contribution in [3.05, 3.63) is 58.1 Å². The number of carbonyl (C=O) groups excluding carboxylic acids is 1. The van der Waals surface area contributed by atoms with Crippen LogP contribution in [-0.4, -0.2) is 15.6 Å².